The summed E-state index contributed by atoms with van der Waals surface area (Å²) in [6.07, 6.45) is 3.77. The molecule has 1 aromatic carbocycles. The molecule has 126 valence electrons. The number of hydrogen-bond donors (Lipinski definition) is 1. The molecule has 0 aromatic heterocycles. The van der Waals surface area contributed by atoms with Gasteiger partial charge in [0.1, 0.15) is 0 Å². The fraction of sp³-hybridized carbons (Fsp3) is 0.529. The van der Waals surface area contributed by atoms with Crippen LogP contribution in [0.4, 0.5) is 0 Å². The maximum atomic E-state index is 12.5. The fourth-order valence-electron chi connectivity index (χ4n) is 3.52. The van der Waals surface area contributed by atoms with Crippen LogP contribution in [0.25, 0.3) is 0 Å². The summed E-state index contributed by atoms with van der Waals surface area (Å²) in [5, 5.41) is 4.00. The topological polar surface area (TPSA) is 49.4 Å². The lowest BCUT2D eigenvalue weighted by Gasteiger charge is -2.27. The van der Waals surface area contributed by atoms with Gasteiger partial charge in [-0.3, -0.25) is 9.59 Å². The summed E-state index contributed by atoms with van der Waals surface area (Å²) < 4.78 is 0. The third-order valence-corrected chi connectivity index (χ3v) is 4.93. The standard InChI is InChI=1S/C17H21ClN2O2.ClH/c18-13-3-1-12(2-4-13)16(21)7-8-17(22)20-14-5-6-15(20)11-19-10-9-14;/h1-4,14-15,19H,5-11H2;1H. The Balaban J connectivity index is 0.00000192. The molecule has 2 heterocycles. The number of nitrogens with zero attached hydrogens (tertiary/aromatic N) is 1. The third-order valence-electron chi connectivity index (χ3n) is 4.67. The molecule has 2 atom stereocenters. The maximum Gasteiger partial charge on any atom is 0.223 e. The Bertz CT molecular complexity index is 548. The van der Waals surface area contributed by atoms with Crippen LogP contribution in [0.1, 0.15) is 42.5 Å². The van der Waals surface area contributed by atoms with E-state index < -0.39 is 0 Å². The van der Waals surface area contributed by atoms with Gasteiger partial charge in [0.2, 0.25) is 5.91 Å². The van der Waals surface area contributed by atoms with Crippen LogP contribution < -0.4 is 5.32 Å². The molecule has 2 aliphatic rings. The second-order valence-corrected chi connectivity index (χ2v) is 6.55. The zero-order valence-electron chi connectivity index (χ0n) is 13.0. The second-order valence-electron chi connectivity index (χ2n) is 6.11. The van der Waals surface area contributed by atoms with Crippen molar-refractivity contribution < 1.29 is 9.59 Å². The number of fused-ring (bicyclic) bond motifs is 2. The lowest BCUT2D eigenvalue weighted by atomic mass is 10.1. The van der Waals surface area contributed by atoms with Crippen molar-refractivity contribution in [1.82, 2.24) is 10.2 Å². The van der Waals surface area contributed by atoms with E-state index in [1.54, 1.807) is 24.3 Å². The Hall–Kier alpha value is -1.10. The smallest absolute Gasteiger partial charge is 0.223 e. The molecule has 0 spiro atoms. The number of carbonyl (C=O) groups excluding carboxylic acids is 2. The predicted molar refractivity (Wildman–Crippen MR) is 93.4 cm³/mol. The van der Waals surface area contributed by atoms with Crippen LogP contribution >= 0.6 is 24.0 Å². The van der Waals surface area contributed by atoms with Gasteiger partial charge in [-0.15, -0.1) is 12.4 Å². The minimum atomic E-state index is 0. The van der Waals surface area contributed by atoms with Crippen LogP contribution in [-0.4, -0.2) is 41.8 Å². The largest absolute Gasteiger partial charge is 0.335 e. The van der Waals surface area contributed by atoms with Gasteiger partial charge in [0.25, 0.3) is 0 Å². The summed E-state index contributed by atoms with van der Waals surface area (Å²) in [5.74, 6) is 0.129. The summed E-state index contributed by atoms with van der Waals surface area (Å²) in [7, 11) is 0. The van der Waals surface area contributed by atoms with Crippen LogP contribution in [0, 0.1) is 0 Å². The molecule has 4 nitrogen and oxygen atoms in total. The van der Waals surface area contributed by atoms with Gasteiger partial charge in [-0.05, 0) is 50.1 Å². The van der Waals surface area contributed by atoms with E-state index in [2.05, 4.69) is 5.32 Å². The molecule has 1 N–H and O–H groups in total. The van der Waals surface area contributed by atoms with Gasteiger partial charge >= 0.3 is 0 Å². The summed E-state index contributed by atoms with van der Waals surface area (Å²) in [4.78, 5) is 26.7. The third kappa shape index (κ3) is 4.25. The number of Topliss-reactive ketones (excluding diaryl/α,β-unsaturated/α-hetero) is 1. The number of benzene rings is 1. The molecule has 3 rings (SSSR count). The minimum Gasteiger partial charge on any atom is -0.335 e. The minimum absolute atomic E-state index is 0. The lowest BCUT2D eigenvalue weighted by molar-refractivity contribution is -0.133. The zero-order chi connectivity index (χ0) is 15.5. The number of hydrogen-bond acceptors (Lipinski definition) is 3. The first-order valence-electron chi connectivity index (χ1n) is 7.96. The highest BCUT2D eigenvalue weighted by Gasteiger charge is 2.37. The Morgan fingerprint density at radius 1 is 1.09 bits per heavy atom. The Morgan fingerprint density at radius 2 is 1.78 bits per heavy atom. The summed E-state index contributed by atoms with van der Waals surface area (Å²) in [6.45, 7) is 1.86. The first-order chi connectivity index (χ1) is 10.6. The molecule has 0 saturated carbocycles. The van der Waals surface area contributed by atoms with Gasteiger partial charge in [-0.2, -0.15) is 0 Å². The highest BCUT2D eigenvalue weighted by molar-refractivity contribution is 6.30. The molecule has 2 bridgehead atoms. The number of carbonyl (C=O) groups is 2. The number of ketones is 1. The van der Waals surface area contributed by atoms with Gasteiger partial charge in [0.15, 0.2) is 5.78 Å². The molecule has 1 amide bonds. The Kier molecular flexibility index (Phi) is 6.45. The van der Waals surface area contributed by atoms with Crippen LogP contribution in [0.2, 0.25) is 5.02 Å². The first kappa shape index (κ1) is 18.2. The average molecular weight is 357 g/mol. The molecule has 2 unspecified atom stereocenters. The molecule has 2 aliphatic heterocycles. The van der Waals surface area contributed by atoms with Crippen LogP contribution in [0.15, 0.2) is 24.3 Å². The van der Waals surface area contributed by atoms with Crippen molar-refractivity contribution in [2.75, 3.05) is 13.1 Å². The number of rotatable bonds is 4. The average Bonchev–Trinajstić information content (AvgIpc) is 2.78. The molecular formula is C17H22Cl2N2O2. The van der Waals surface area contributed by atoms with Crippen molar-refractivity contribution in [3.63, 3.8) is 0 Å². The van der Waals surface area contributed by atoms with Crippen molar-refractivity contribution in [3.05, 3.63) is 34.9 Å². The zero-order valence-corrected chi connectivity index (χ0v) is 14.5. The van der Waals surface area contributed by atoms with E-state index in [9.17, 15) is 9.59 Å². The van der Waals surface area contributed by atoms with Crippen LogP contribution in [-0.2, 0) is 4.79 Å². The molecule has 2 fully saturated rings. The van der Waals surface area contributed by atoms with E-state index in [0.717, 1.165) is 32.4 Å². The highest BCUT2D eigenvalue weighted by Crippen LogP contribution is 2.28. The predicted octanol–water partition coefficient (Wildman–Crippen LogP) is 3.08. The number of nitrogens with one attached hydrogen (secondary N) is 1. The monoisotopic (exact) mass is 356 g/mol. The maximum absolute atomic E-state index is 12.5. The number of amides is 1. The molecule has 6 heteroatoms. The normalized spacial score (nSPS) is 23.1. The van der Waals surface area contributed by atoms with Crippen molar-refractivity contribution in [1.29, 1.82) is 0 Å². The lowest BCUT2D eigenvalue weighted by Crippen LogP contribution is -2.42. The van der Waals surface area contributed by atoms with Crippen LogP contribution in [0.3, 0.4) is 0 Å². The van der Waals surface area contributed by atoms with Crippen molar-refractivity contribution >= 4 is 35.7 Å². The number of halogens is 2. The van der Waals surface area contributed by atoms with E-state index >= 15 is 0 Å². The van der Waals surface area contributed by atoms with Gasteiger partial charge in [0, 0.05) is 42.1 Å². The molecule has 2 saturated heterocycles. The van der Waals surface area contributed by atoms with E-state index in [1.165, 1.54) is 0 Å². The molecule has 1 aromatic rings. The Labute approximate surface area is 148 Å². The SMILES string of the molecule is Cl.O=C(CCC(=O)N1C2CCNCC1CC2)c1ccc(Cl)cc1. The van der Waals surface area contributed by atoms with Gasteiger partial charge in [-0.1, -0.05) is 11.6 Å². The highest BCUT2D eigenvalue weighted by atomic mass is 35.5. The summed E-state index contributed by atoms with van der Waals surface area (Å²) in [6, 6.07) is 7.52. The van der Waals surface area contributed by atoms with E-state index in [-0.39, 0.29) is 30.5 Å². The van der Waals surface area contributed by atoms with Crippen LogP contribution in [0.5, 0.6) is 0 Å². The van der Waals surface area contributed by atoms with E-state index in [0.29, 0.717) is 29.1 Å². The van der Waals surface area contributed by atoms with Gasteiger partial charge in [0.05, 0.1) is 0 Å². The first-order valence-corrected chi connectivity index (χ1v) is 8.33. The quantitative estimate of drug-likeness (QED) is 0.843. The molecule has 23 heavy (non-hydrogen) atoms. The molecular weight excluding hydrogens is 335 g/mol. The van der Waals surface area contributed by atoms with Crippen molar-refractivity contribution in [2.45, 2.75) is 44.2 Å². The van der Waals surface area contributed by atoms with E-state index in [4.69, 9.17) is 11.6 Å². The van der Waals surface area contributed by atoms with Crippen molar-refractivity contribution in [3.8, 4) is 0 Å². The van der Waals surface area contributed by atoms with Gasteiger partial charge in [-0.25, -0.2) is 0 Å². The Morgan fingerprint density at radius 3 is 2.52 bits per heavy atom. The second kappa shape index (κ2) is 8.13. The summed E-state index contributed by atoms with van der Waals surface area (Å²) in [5.41, 5.74) is 0.623. The molecule has 0 aliphatic carbocycles. The summed E-state index contributed by atoms with van der Waals surface area (Å²) >= 11 is 5.82. The van der Waals surface area contributed by atoms with Gasteiger partial charge < -0.3 is 10.2 Å². The molecule has 0 radical (unpaired) electrons. The fourth-order valence-corrected chi connectivity index (χ4v) is 3.65. The van der Waals surface area contributed by atoms with E-state index in [1.807, 2.05) is 4.90 Å². The van der Waals surface area contributed by atoms with Crippen molar-refractivity contribution in [2.24, 2.45) is 0 Å².